The molecule has 0 aliphatic heterocycles. The molecule has 0 aromatic carbocycles. The molecule has 0 bridgehead atoms. The summed E-state index contributed by atoms with van der Waals surface area (Å²) in [7, 11) is -3.57. The quantitative estimate of drug-likeness (QED) is 0.587. The molecule has 0 amide bonds. The zero-order valence-corrected chi connectivity index (χ0v) is 11.5. The van der Waals surface area contributed by atoms with E-state index in [0.717, 1.165) is 13.1 Å². The molecule has 0 aromatic heterocycles. The van der Waals surface area contributed by atoms with Crippen molar-refractivity contribution < 1.29 is 18.4 Å². The molecule has 0 radical (unpaired) electrons. The van der Waals surface area contributed by atoms with Crippen molar-refractivity contribution >= 4 is 13.1 Å². The van der Waals surface area contributed by atoms with Crippen LogP contribution in [0.25, 0.3) is 0 Å². The summed E-state index contributed by atoms with van der Waals surface area (Å²) in [4.78, 5) is 13.7. The second-order valence-corrected chi connectivity index (χ2v) is 5.20. The molecule has 5 nitrogen and oxygen atoms in total. The van der Waals surface area contributed by atoms with Crippen LogP contribution in [0.3, 0.4) is 0 Å². The number of nitrogens with zero attached hydrogens (tertiary/aromatic N) is 1. The standard InChI is InChI=1S/C10H22NO4P/c1-5-11(6-2)9-10(12)16(13,14-7-3)15-8-4/h5-9H2,1-4H3. The van der Waals surface area contributed by atoms with Gasteiger partial charge in [-0.05, 0) is 26.9 Å². The summed E-state index contributed by atoms with van der Waals surface area (Å²) in [6, 6.07) is 0. The summed E-state index contributed by atoms with van der Waals surface area (Å²) in [6.45, 7) is 9.28. The van der Waals surface area contributed by atoms with Crippen LogP contribution in [0, 0.1) is 0 Å². The number of likely N-dealkylation sites (N-methyl/N-ethyl adjacent to an activating group) is 1. The maximum Gasteiger partial charge on any atom is 0.398 e. The Kier molecular flexibility index (Phi) is 7.85. The van der Waals surface area contributed by atoms with Crippen LogP contribution in [0.2, 0.25) is 0 Å². The van der Waals surface area contributed by atoms with E-state index in [4.69, 9.17) is 9.05 Å². The highest BCUT2D eigenvalue weighted by molar-refractivity contribution is 7.71. The van der Waals surface area contributed by atoms with Gasteiger partial charge in [0.25, 0.3) is 5.52 Å². The Bertz CT molecular complexity index is 243. The van der Waals surface area contributed by atoms with Gasteiger partial charge in [-0.1, -0.05) is 13.8 Å². The van der Waals surface area contributed by atoms with Gasteiger partial charge in [-0.2, -0.15) is 0 Å². The van der Waals surface area contributed by atoms with Crippen LogP contribution in [0.5, 0.6) is 0 Å². The van der Waals surface area contributed by atoms with Gasteiger partial charge in [0.2, 0.25) is 0 Å². The Morgan fingerprint density at radius 3 is 1.81 bits per heavy atom. The molecule has 0 rings (SSSR count). The zero-order chi connectivity index (χ0) is 12.6. The Morgan fingerprint density at radius 2 is 1.50 bits per heavy atom. The molecule has 16 heavy (non-hydrogen) atoms. The van der Waals surface area contributed by atoms with E-state index in [-0.39, 0.29) is 19.8 Å². The molecule has 0 aliphatic rings. The minimum Gasteiger partial charge on any atom is -0.303 e. The SMILES string of the molecule is CCOP(=O)(OCC)C(=O)CN(CC)CC. The lowest BCUT2D eigenvalue weighted by molar-refractivity contribution is -0.115. The topological polar surface area (TPSA) is 55.8 Å². The molecule has 96 valence electrons. The summed E-state index contributed by atoms with van der Waals surface area (Å²) in [5.41, 5.74) is -0.458. The van der Waals surface area contributed by atoms with Gasteiger partial charge in [0.1, 0.15) is 0 Å². The van der Waals surface area contributed by atoms with E-state index in [9.17, 15) is 9.36 Å². The van der Waals surface area contributed by atoms with Crippen LogP contribution in [0.15, 0.2) is 0 Å². The van der Waals surface area contributed by atoms with Gasteiger partial charge in [0.15, 0.2) is 0 Å². The molecule has 0 atom stereocenters. The van der Waals surface area contributed by atoms with Crippen molar-refractivity contribution in [2.45, 2.75) is 27.7 Å². The smallest absolute Gasteiger partial charge is 0.303 e. The van der Waals surface area contributed by atoms with Gasteiger partial charge in [0.05, 0.1) is 19.8 Å². The molecular weight excluding hydrogens is 229 g/mol. The van der Waals surface area contributed by atoms with Gasteiger partial charge >= 0.3 is 7.60 Å². The van der Waals surface area contributed by atoms with E-state index in [1.54, 1.807) is 13.8 Å². The van der Waals surface area contributed by atoms with Crippen LogP contribution in [0.1, 0.15) is 27.7 Å². The molecule has 0 N–H and O–H groups in total. The van der Waals surface area contributed by atoms with Crippen molar-refractivity contribution in [3.05, 3.63) is 0 Å². The summed E-state index contributed by atoms with van der Waals surface area (Å²) >= 11 is 0. The number of hydrogen-bond acceptors (Lipinski definition) is 5. The number of carbonyl (C=O) groups excluding carboxylic acids is 1. The third-order valence-electron chi connectivity index (χ3n) is 2.16. The maximum atomic E-state index is 12.1. The van der Waals surface area contributed by atoms with Crippen molar-refractivity contribution in [1.29, 1.82) is 0 Å². The number of hydrogen-bond donors (Lipinski definition) is 0. The van der Waals surface area contributed by atoms with Crippen molar-refractivity contribution in [2.75, 3.05) is 32.8 Å². The van der Waals surface area contributed by atoms with E-state index in [1.807, 2.05) is 18.7 Å². The van der Waals surface area contributed by atoms with Crippen LogP contribution in [-0.4, -0.2) is 43.3 Å². The fourth-order valence-electron chi connectivity index (χ4n) is 1.25. The average Bonchev–Trinajstić information content (AvgIpc) is 2.26. The highest BCUT2D eigenvalue weighted by atomic mass is 31.2. The molecular formula is C10H22NO4P. The van der Waals surface area contributed by atoms with Crippen LogP contribution in [-0.2, 0) is 18.4 Å². The zero-order valence-electron chi connectivity index (χ0n) is 10.6. The van der Waals surface area contributed by atoms with Gasteiger partial charge in [-0.3, -0.25) is 14.3 Å². The Morgan fingerprint density at radius 1 is 1.06 bits per heavy atom. The van der Waals surface area contributed by atoms with Gasteiger partial charge in [-0.25, -0.2) is 0 Å². The lowest BCUT2D eigenvalue weighted by Gasteiger charge is -2.20. The summed E-state index contributed by atoms with van der Waals surface area (Å²) in [6.07, 6.45) is 0. The molecule has 0 heterocycles. The fraction of sp³-hybridized carbons (Fsp3) is 0.900. The van der Waals surface area contributed by atoms with E-state index in [2.05, 4.69) is 0 Å². The van der Waals surface area contributed by atoms with Crippen LogP contribution >= 0.6 is 7.60 Å². The van der Waals surface area contributed by atoms with Crippen molar-refractivity contribution in [2.24, 2.45) is 0 Å². The van der Waals surface area contributed by atoms with Crippen molar-refractivity contribution in [1.82, 2.24) is 4.90 Å². The Balaban J connectivity index is 4.55. The highest BCUT2D eigenvalue weighted by Crippen LogP contribution is 2.48. The highest BCUT2D eigenvalue weighted by Gasteiger charge is 2.34. The molecule has 0 spiro atoms. The first kappa shape index (κ1) is 15.8. The molecule has 0 saturated heterocycles. The minimum atomic E-state index is -3.57. The summed E-state index contributed by atoms with van der Waals surface area (Å²) in [5.74, 6) is 0. The van der Waals surface area contributed by atoms with E-state index >= 15 is 0 Å². The predicted molar refractivity (Wildman–Crippen MR) is 63.7 cm³/mol. The third kappa shape index (κ3) is 4.74. The minimum absolute atomic E-state index is 0.115. The summed E-state index contributed by atoms with van der Waals surface area (Å²) < 4.78 is 22.0. The third-order valence-corrected chi connectivity index (χ3v) is 4.11. The number of rotatable bonds is 9. The molecule has 0 fully saturated rings. The molecule has 6 heteroatoms. The first-order chi connectivity index (χ1) is 7.53. The molecule has 0 aromatic rings. The van der Waals surface area contributed by atoms with Crippen LogP contribution in [0.4, 0.5) is 0 Å². The molecule has 0 unspecified atom stereocenters. The van der Waals surface area contributed by atoms with E-state index < -0.39 is 13.1 Å². The first-order valence-corrected chi connectivity index (χ1v) is 7.23. The Hall–Kier alpha value is -0.220. The van der Waals surface area contributed by atoms with Crippen molar-refractivity contribution in [3.63, 3.8) is 0 Å². The van der Waals surface area contributed by atoms with Gasteiger partial charge in [-0.15, -0.1) is 0 Å². The lowest BCUT2D eigenvalue weighted by Crippen LogP contribution is -2.30. The van der Waals surface area contributed by atoms with Gasteiger partial charge < -0.3 is 9.05 Å². The maximum absolute atomic E-state index is 12.1. The molecule has 0 saturated carbocycles. The second kappa shape index (κ2) is 7.96. The second-order valence-electron chi connectivity index (χ2n) is 3.19. The number of carbonyl (C=O) groups is 1. The largest absolute Gasteiger partial charge is 0.398 e. The van der Waals surface area contributed by atoms with Gasteiger partial charge in [0, 0.05) is 0 Å². The molecule has 0 aliphatic carbocycles. The summed E-state index contributed by atoms with van der Waals surface area (Å²) in [5, 5.41) is 0. The van der Waals surface area contributed by atoms with E-state index in [0.29, 0.717) is 0 Å². The van der Waals surface area contributed by atoms with Crippen molar-refractivity contribution in [3.8, 4) is 0 Å². The van der Waals surface area contributed by atoms with E-state index in [1.165, 1.54) is 0 Å². The first-order valence-electron chi connectivity index (χ1n) is 5.68. The monoisotopic (exact) mass is 251 g/mol. The van der Waals surface area contributed by atoms with Crippen LogP contribution < -0.4 is 0 Å². The normalized spacial score (nSPS) is 12.1. The Labute approximate surface area is 97.6 Å². The average molecular weight is 251 g/mol. The fourth-order valence-corrected chi connectivity index (χ4v) is 2.66. The lowest BCUT2D eigenvalue weighted by atomic mass is 10.5. The predicted octanol–water partition coefficient (Wildman–Crippen LogP) is 2.12.